The summed E-state index contributed by atoms with van der Waals surface area (Å²) in [4.78, 5) is 12.3. The SMILES string of the molecule is O=C(NCCC(c1ccccc1)c1cc(C2CC2)[nH]n1)c1ccccc1O. The van der Waals surface area contributed by atoms with Crippen LogP contribution in [0.3, 0.4) is 0 Å². The summed E-state index contributed by atoms with van der Waals surface area (Å²) in [5, 5.41) is 20.5. The van der Waals surface area contributed by atoms with Crippen molar-refractivity contribution in [2.45, 2.75) is 31.1 Å². The van der Waals surface area contributed by atoms with Gasteiger partial charge in [-0.15, -0.1) is 0 Å². The molecule has 1 unspecified atom stereocenters. The zero-order valence-corrected chi connectivity index (χ0v) is 15.1. The number of aromatic nitrogens is 2. The van der Waals surface area contributed by atoms with E-state index in [0.29, 0.717) is 18.0 Å². The number of benzene rings is 2. The molecule has 0 bridgehead atoms. The quantitative estimate of drug-likeness (QED) is 0.596. The molecule has 5 heteroatoms. The van der Waals surface area contributed by atoms with Gasteiger partial charge in [-0.05, 0) is 43.0 Å². The zero-order valence-electron chi connectivity index (χ0n) is 15.1. The summed E-state index contributed by atoms with van der Waals surface area (Å²) in [6.07, 6.45) is 3.20. The normalized spacial score (nSPS) is 14.7. The van der Waals surface area contributed by atoms with Crippen LogP contribution < -0.4 is 5.32 Å². The van der Waals surface area contributed by atoms with E-state index in [4.69, 9.17) is 0 Å². The van der Waals surface area contributed by atoms with E-state index in [0.717, 1.165) is 12.1 Å². The minimum absolute atomic E-state index is 0.00372. The highest BCUT2D eigenvalue weighted by Gasteiger charge is 2.27. The van der Waals surface area contributed by atoms with Crippen molar-refractivity contribution in [3.8, 4) is 5.75 Å². The fourth-order valence-electron chi connectivity index (χ4n) is 3.40. The number of phenolic OH excluding ortho intramolecular Hbond substituents is 1. The minimum Gasteiger partial charge on any atom is -0.507 e. The second kappa shape index (κ2) is 7.66. The molecule has 1 aliphatic carbocycles. The number of carbonyl (C=O) groups excluding carboxylic acids is 1. The summed E-state index contributed by atoms with van der Waals surface area (Å²) in [7, 11) is 0. The molecule has 0 saturated heterocycles. The summed E-state index contributed by atoms with van der Waals surface area (Å²) >= 11 is 0. The molecule has 1 aliphatic rings. The summed E-state index contributed by atoms with van der Waals surface area (Å²) in [5.41, 5.74) is 3.71. The first-order valence-corrected chi connectivity index (χ1v) is 9.38. The van der Waals surface area contributed by atoms with Gasteiger partial charge in [-0.3, -0.25) is 9.89 Å². The lowest BCUT2D eigenvalue weighted by Crippen LogP contribution is -2.26. The maximum absolute atomic E-state index is 12.3. The second-order valence-corrected chi connectivity index (χ2v) is 7.05. The standard InChI is InChI=1S/C22H23N3O2/c26-21-9-5-4-8-18(21)22(27)23-13-12-17(15-6-2-1-3-7-15)20-14-19(24-25-20)16-10-11-16/h1-9,14,16-17,26H,10-13H2,(H,23,27)(H,24,25). The van der Waals surface area contributed by atoms with E-state index in [1.165, 1.54) is 30.2 Å². The fraction of sp³-hybridized carbons (Fsp3) is 0.273. The van der Waals surface area contributed by atoms with Crippen LogP contribution in [0.5, 0.6) is 5.75 Å². The zero-order chi connectivity index (χ0) is 18.6. The Hall–Kier alpha value is -3.08. The van der Waals surface area contributed by atoms with Gasteiger partial charge in [0, 0.05) is 24.1 Å². The molecule has 4 rings (SSSR count). The monoisotopic (exact) mass is 361 g/mol. The Morgan fingerprint density at radius 1 is 1.15 bits per heavy atom. The molecular formula is C22H23N3O2. The summed E-state index contributed by atoms with van der Waals surface area (Å²) in [5.74, 6) is 0.472. The first-order chi connectivity index (χ1) is 13.2. The smallest absolute Gasteiger partial charge is 0.255 e. The molecule has 5 nitrogen and oxygen atoms in total. The lowest BCUT2D eigenvalue weighted by atomic mass is 9.92. The lowest BCUT2D eigenvalue weighted by molar-refractivity contribution is 0.0950. The molecule has 1 amide bonds. The van der Waals surface area contributed by atoms with Gasteiger partial charge in [0.1, 0.15) is 5.75 Å². The van der Waals surface area contributed by atoms with Crippen molar-refractivity contribution < 1.29 is 9.90 Å². The van der Waals surface area contributed by atoms with Crippen molar-refractivity contribution in [3.05, 3.63) is 83.2 Å². The molecule has 0 radical (unpaired) electrons. The van der Waals surface area contributed by atoms with Crippen LogP contribution in [0.25, 0.3) is 0 Å². The Labute approximate surface area is 158 Å². The van der Waals surface area contributed by atoms with Gasteiger partial charge in [0.25, 0.3) is 5.91 Å². The molecule has 1 aromatic heterocycles. The number of hydrogen-bond donors (Lipinski definition) is 3. The summed E-state index contributed by atoms with van der Waals surface area (Å²) < 4.78 is 0. The van der Waals surface area contributed by atoms with Crippen LogP contribution in [0.15, 0.2) is 60.7 Å². The van der Waals surface area contributed by atoms with Crippen molar-refractivity contribution in [3.63, 3.8) is 0 Å². The molecule has 1 saturated carbocycles. The first kappa shape index (κ1) is 17.3. The van der Waals surface area contributed by atoms with Gasteiger partial charge in [0.15, 0.2) is 0 Å². The van der Waals surface area contributed by atoms with Crippen molar-refractivity contribution in [2.24, 2.45) is 0 Å². The number of phenols is 1. The highest BCUT2D eigenvalue weighted by Crippen LogP contribution is 2.40. The fourth-order valence-corrected chi connectivity index (χ4v) is 3.40. The molecular weight excluding hydrogens is 338 g/mol. The van der Waals surface area contributed by atoms with E-state index in [1.54, 1.807) is 18.2 Å². The highest BCUT2D eigenvalue weighted by molar-refractivity contribution is 5.96. The molecule has 1 fully saturated rings. The summed E-state index contributed by atoms with van der Waals surface area (Å²) in [6.45, 7) is 0.498. The largest absolute Gasteiger partial charge is 0.507 e. The third-order valence-electron chi connectivity index (χ3n) is 5.06. The van der Waals surface area contributed by atoms with E-state index in [9.17, 15) is 9.90 Å². The van der Waals surface area contributed by atoms with Crippen molar-refractivity contribution in [2.75, 3.05) is 6.54 Å². The molecule has 2 aromatic carbocycles. The van der Waals surface area contributed by atoms with Gasteiger partial charge in [-0.25, -0.2) is 0 Å². The van der Waals surface area contributed by atoms with E-state index in [1.807, 2.05) is 18.2 Å². The Balaban J connectivity index is 1.46. The molecule has 1 heterocycles. The number of aromatic hydroxyl groups is 1. The van der Waals surface area contributed by atoms with E-state index >= 15 is 0 Å². The molecule has 0 spiro atoms. The second-order valence-electron chi connectivity index (χ2n) is 7.05. The summed E-state index contributed by atoms with van der Waals surface area (Å²) in [6, 6.07) is 19.0. The van der Waals surface area contributed by atoms with E-state index < -0.39 is 0 Å². The van der Waals surface area contributed by atoms with Crippen LogP contribution in [0, 0.1) is 0 Å². The topological polar surface area (TPSA) is 78.0 Å². The Morgan fingerprint density at radius 2 is 1.89 bits per heavy atom. The van der Waals surface area contributed by atoms with E-state index in [-0.39, 0.29) is 17.6 Å². The number of amides is 1. The van der Waals surface area contributed by atoms with Gasteiger partial charge in [0.05, 0.1) is 11.3 Å². The van der Waals surface area contributed by atoms with Crippen LogP contribution in [0.2, 0.25) is 0 Å². The predicted octanol–water partition coefficient (Wildman–Crippen LogP) is 3.94. The Morgan fingerprint density at radius 3 is 2.63 bits per heavy atom. The first-order valence-electron chi connectivity index (χ1n) is 9.38. The van der Waals surface area contributed by atoms with Gasteiger partial charge < -0.3 is 10.4 Å². The number of nitrogens with zero attached hydrogens (tertiary/aromatic N) is 1. The molecule has 0 aliphatic heterocycles. The Kier molecular flexibility index (Phi) is 4.92. The molecule has 3 aromatic rings. The van der Waals surface area contributed by atoms with Crippen LogP contribution in [0.1, 0.15) is 58.4 Å². The molecule has 3 N–H and O–H groups in total. The number of para-hydroxylation sites is 1. The molecule has 138 valence electrons. The van der Waals surface area contributed by atoms with Gasteiger partial charge in [0.2, 0.25) is 0 Å². The third kappa shape index (κ3) is 4.03. The van der Waals surface area contributed by atoms with Crippen molar-refractivity contribution >= 4 is 5.91 Å². The van der Waals surface area contributed by atoms with Gasteiger partial charge >= 0.3 is 0 Å². The number of aromatic amines is 1. The van der Waals surface area contributed by atoms with Gasteiger partial charge in [-0.2, -0.15) is 5.10 Å². The maximum Gasteiger partial charge on any atom is 0.255 e. The van der Waals surface area contributed by atoms with Crippen LogP contribution in [-0.2, 0) is 0 Å². The predicted molar refractivity (Wildman–Crippen MR) is 104 cm³/mol. The van der Waals surface area contributed by atoms with Crippen molar-refractivity contribution in [1.29, 1.82) is 0 Å². The minimum atomic E-state index is -0.263. The van der Waals surface area contributed by atoms with Crippen molar-refractivity contribution in [1.82, 2.24) is 15.5 Å². The average Bonchev–Trinajstić information content (AvgIpc) is 3.44. The number of carbonyl (C=O) groups is 1. The van der Waals surface area contributed by atoms with Crippen LogP contribution >= 0.6 is 0 Å². The lowest BCUT2D eigenvalue weighted by Gasteiger charge is -2.16. The highest BCUT2D eigenvalue weighted by atomic mass is 16.3. The average molecular weight is 361 g/mol. The molecule has 1 atom stereocenters. The number of rotatable bonds is 7. The maximum atomic E-state index is 12.3. The van der Waals surface area contributed by atoms with Gasteiger partial charge in [-0.1, -0.05) is 42.5 Å². The Bertz CT molecular complexity index is 916. The number of H-pyrrole nitrogens is 1. The molecule has 27 heavy (non-hydrogen) atoms. The van der Waals surface area contributed by atoms with Crippen LogP contribution in [-0.4, -0.2) is 27.8 Å². The third-order valence-corrected chi connectivity index (χ3v) is 5.06. The number of nitrogens with one attached hydrogen (secondary N) is 2. The number of hydrogen-bond acceptors (Lipinski definition) is 3. The van der Waals surface area contributed by atoms with E-state index in [2.05, 4.69) is 33.7 Å². The van der Waals surface area contributed by atoms with Crippen LogP contribution in [0.4, 0.5) is 0 Å².